The molecule has 0 radical (unpaired) electrons. The number of benzene rings is 2. The summed E-state index contributed by atoms with van der Waals surface area (Å²) in [6.45, 7) is 1.23. The first-order valence-electron chi connectivity index (χ1n) is 7.45. The SMILES string of the molecule is CC(=O)Nc1ccc(NC(=O)c2cc(C(F)(F)F)cc(C(F)(F)F)c2)cc1Cl. The molecule has 0 fully saturated rings. The van der Waals surface area contributed by atoms with Crippen LogP contribution in [0.2, 0.25) is 5.02 Å². The minimum atomic E-state index is -5.07. The number of halogens is 7. The lowest BCUT2D eigenvalue weighted by Crippen LogP contribution is -2.17. The first kappa shape index (κ1) is 21.5. The molecule has 0 heterocycles. The van der Waals surface area contributed by atoms with Gasteiger partial charge in [0.05, 0.1) is 21.8 Å². The van der Waals surface area contributed by atoms with Crippen molar-refractivity contribution in [1.82, 2.24) is 0 Å². The Labute approximate surface area is 159 Å². The quantitative estimate of drug-likeness (QED) is 0.631. The van der Waals surface area contributed by atoms with Gasteiger partial charge in [-0.05, 0) is 36.4 Å². The van der Waals surface area contributed by atoms with E-state index in [1.165, 1.54) is 25.1 Å². The average Bonchev–Trinajstić information content (AvgIpc) is 2.55. The number of carbonyl (C=O) groups excluding carboxylic acids is 2. The van der Waals surface area contributed by atoms with Crippen molar-refractivity contribution in [2.24, 2.45) is 0 Å². The van der Waals surface area contributed by atoms with Crippen LogP contribution in [0.1, 0.15) is 28.4 Å². The number of carbonyl (C=O) groups is 2. The Kier molecular flexibility index (Phi) is 5.93. The van der Waals surface area contributed by atoms with Crippen LogP contribution in [0.25, 0.3) is 0 Å². The summed E-state index contributed by atoms with van der Waals surface area (Å²) in [5.41, 5.74) is -3.82. The van der Waals surface area contributed by atoms with Gasteiger partial charge in [0.25, 0.3) is 5.91 Å². The van der Waals surface area contributed by atoms with Gasteiger partial charge in [-0.3, -0.25) is 9.59 Å². The zero-order valence-electron chi connectivity index (χ0n) is 13.9. The van der Waals surface area contributed by atoms with E-state index in [2.05, 4.69) is 10.6 Å². The molecule has 0 spiro atoms. The Morgan fingerprint density at radius 1 is 0.857 bits per heavy atom. The lowest BCUT2D eigenvalue weighted by Gasteiger charge is -2.14. The van der Waals surface area contributed by atoms with Crippen LogP contribution in [0.5, 0.6) is 0 Å². The largest absolute Gasteiger partial charge is 0.416 e. The van der Waals surface area contributed by atoms with E-state index >= 15 is 0 Å². The highest BCUT2D eigenvalue weighted by molar-refractivity contribution is 6.34. The molecule has 4 nitrogen and oxygen atoms in total. The molecule has 0 unspecified atom stereocenters. The van der Waals surface area contributed by atoms with Crippen molar-refractivity contribution < 1.29 is 35.9 Å². The molecule has 11 heteroatoms. The van der Waals surface area contributed by atoms with Gasteiger partial charge < -0.3 is 10.6 Å². The molecule has 2 amide bonds. The lowest BCUT2D eigenvalue weighted by atomic mass is 10.0. The first-order chi connectivity index (χ1) is 12.8. The van der Waals surface area contributed by atoms with Crippen LogP contribution >= 0.6 is 11.6 Å². The van der Waals surface area contributed by atoms with E-state index in [0.717, 1.165) is 0 Å². The molecule has 0 saturated heterocycles. The molecule has 0 saturated carbocycles. The Morgan fingerprint density at radius 3 is 1.82 bits per heavy atom. The van der Waals surface area contributed by atoms with E-state index in [1.54, 1.807) is 0 Å². The number of nitrogens with one attached hydrogen (secondary N) is 2. The number of hydrogen-bond acceptors (Lipinski definition) is 2. The third-order valence-electron chi connectivity index (χ3n) is 3.39. The van der Waals surface area contributed by atoms with Gasteiger partial charge in [-0.2, -0.15) is 26.3 Å². The van der Waals surface area contributed by atoms with Crippen molar-refractivity contribution in [3.63, 3.8) is 0 Å². The van der Waals surface area contributed by atoms with Gasteiger partial charge in [-0.15, -0.1) is 0 Å². The van der Waals surface area contributed by atoms with Gasteiger partial charge >= 0.3 is 12.4 Å². The van der Waals surface area contributed by atoms with Gasteiger partial charge in [-0.25, -0.2) is 0 Å². The Morgan fingerprint density at radius 2 is 1.39 bits per heavy atom. The summed E-state index contributed by atoms with van der Waals surface area (Å²) in [6.07, 6.45) is -10.1. The van der Waals surface area contributed by atoms with Crippen molar-refractivity contribution >= 4 is 34.8 Å². The molecule has 150 valence electrons. The van der Waals surface area contributed by atoms with E-state index in [9.17, 15) is 35.9 Å². The van der Waals surface area contributed by atoms with Crippen molar-refractivity contribution in [2.45, 2.75) is 19.3 Å². The highest BCUT2D eigenvalue weighted by Crippen LogP contribution is 2.36. The zero-order chi connectivity index (χ0) is 21.3. The van der Waals surface area contributed by atoms with Crippen LogP contribution in [-0.2, 0) is 17.1 Å². The monoisotopic (exact) mass is 424 g/mol. The minimum absolute atomic E-state index is 0.00743. The fraction of sp³-hybridized carbons (Fsp3) is 0.176. The standard InChI is InChI=1S/C17H11ClF6N2O2/c1-8(27)25-14-3-2-12(7-13(14)18)26-15(28)9-4-10(16(19,20)21)6-11(5-9)17(22,23)24/h2-7H,1H3,(H,25,27)(H,26,28). The molecule has 2 rings (SSSR count). The summed E-state index contributed by atoms with van der Waals surface area (Å²) in [7, 11) is 0. The fourth-order valence-electron chi connectivity index (χ4n) is 2.17. The van der Waals surface area contributed by atoms with Gasteiger partial charge in [-0.1, -0.05) is 11.6 Å². The maximum Gasteiger partial charge on any atom is 0.416 e. The Hall–Kier alpha value is -2.75. The van der Waals surface area contributed by atoms with Gasteiger partial charge in [0.2, 0.25) is 5.91 Å². The van der Waals surface area contributed by atoms with Gasteiger partial charge in [0.1, 0.15) is 0 Å². The number of hydrogen-bond donors (Lipinski definition) is 2. The number of alkyl halides is 6. The summed E-state index contributed by atoms with van der Waals surface area (Å²) in [5, 5.41) is 4.57. The van der Waals surface area contributed by atoms with Crippen LogP contribution in [0.4, 0.5) is 37.7 Å². The smallest absolute Gasteiger partial charge is 0.325 e. The maximum atomic E-state index is 12.9. The number of anilines is 2. The van der Waals surface area contributed by atoms with E-state index in [-0.39, 0.29) is 22.5 Å². The van der Waals surface area contributed by atoms with E-state index in [0.29, 0.717) is 12.1 Å². The van der Waals surface area contributed by atoms with E-state index < -0.39 is 40.9 Å². The maximum absolute atomic E-state index is 12.9. The molecule has 28 heavy (non-hydrogen) atoms. The topological polar surface area (TPSA) is 58.2 Å². The average molecular weight is 425 g/mol. The second-order valence-electron chi connectivity index (χ2n) is 5.62. The summed E-state index contributed by atoms with van der Waals surface area (Å²) in [4.78, 5) is 23.2. The highest BCUT2D eigenvalue weighted by atomic mass is 35.5. The second-order valence-corrected chi connectivity index (χ2v) is 6.03. The van der Waals surface area contributed by atoms with Crippen LogP contribution < -0.4 is 10.6 Å². The summed E-state index contributed by atoms with van der Waals surface area (Å²) in [6, 6.07) is 4.33. The third-order valence-corrected chi connectivity index (χ3v) is 3.70. The summed E-state index contributed by atoms with van der Waals surface area (Å²) in [5.74, 6) is -1.61. The van der Waals surface area contributed by atoms with Crippen molar-refractivity contribution in [3.8, 4) is 0 Å². The molecule has 0 bridgehead atoms. The van der Waals surface area contributed by atoms with Crippen LogP contribution in [0, 0.1) is 0 Å². The molecule has 0 aromatic heterocycles. The van der Waals surface area contributed by atoms with Crippen molar-refractivity contribution in [2.75, 3.05) is 10.6 Å². The molecular weight excluding hydrogens is 414 g/mol. The zero-order valence-corrected chi connectivity index (χ0v) is 14.7. The predicted molar refractivity (Wildman–Crippen MR) is 90.2 cm³/mol. The molecule has 2 N–H and O–H groups in total. The first-order valence-corrected chi connectivity index (χ1v) is 7.83. The molecule has 0 aliphatic heterocycles. The third kappa shape index (κ3) is 5.38. The molecule has 0 aliphatic rings. The normalized spacial score (nSPS) is 11.9. The molecule has 2 aromatic rings. The number of rotatable bonds is 3. The second kappa shape index (κ2) is 7.70. The highest BCUT2D eigenvalue weighted by Gasteiger charge is 2.37. The van der Waals surface area contributed by atoms with Crippen LogP contribution in [0.15, 0.2) is 36.4 Å². The van der Waals surface area contributed by atoms with Crippen LogP contribution in [-0.4, -0.2) is 11.8 Å². The van der Waals surface area contributed by atoms with E-state index in [4.69, 9.17) is 11.6 Å². The fourth-order valence-corrected chi connectivity index (χ4v) is 2.40. The van der Waals surface area contributed by atoms with Gasteiger partial charge in [0, 0.05) is 18.2 Å². The Bertz CT molecular complexity index is 893. The lowest BCUT2D eigenvalue weighted by molar-refractivity contribution is -0.143. The van der Waals surface area contributed by atoms with Crippen molar-refractivity contribution in [3.05, 3.63) is 58.1 Å². The molecule has 2 aromatic carbocycles. The van der Waals surface area contributed by atoms with E-state index in [1.807, 2.05) is 0 Å². The summed E-state index contributed by atoms with van der Waals surface area (Å²) >= 11 is 5.91. The van der Waals surface area contributed by atoms with Gasteiger partial charge in [0.15, 0.2) is 0 Å². The number of amides is 2. The van der Waals surface area contributed by atoms with Crippen LogP contribution in [0.3, 0.4) is 0 Å². The summed E-state index contributed by atoms with van der Waals surface area (Å²) < 4.78 is 77.3. The predicted octanol–water partition coefficient (Wildman–Crippen LogP) is 5.59. The molecular formula is C17H11ClF6N2O2. The molecule has 0 atom stereocenters. The Balaban J connectivity index is 2.36. The molecule has 0 aliphatic carbocycles. The minimum Gasteiger partial charge on any atom is -0.325 e. The van der Waals surface area contributed by atoms with Crippen molar-refractivity contribution in [1.29, 1.82) is 0 Å².